The number of carboxylic acid groups (broad SMARTS) is 1. The highest BCUT2D eigenvalue weighted by molar-refractivity contribution is 7.99. The van der Waals surface area contributed by atoms with Crippen molar-refractivity contribution < 1.29 is 19.4 Å². The molecule has 1 saturated carbocycles. The van der Waals surface area contributed by atoms with E-state index in [2.05, 4.69) is 21.0 Å². The Morgan fingerprint density at radius 2 is 1.91 bits per heavy atom. The number of carboxylic acids is 1. The Balaban J connectivity index is 1.54. The van der Waals surface area contributed by atoms with Gasteiger partial charge in [0.15, 0.2) is 6.61 Å². The highest BCUT2D eigenvalue weighted by atomic mass is 32.2. The van der Waals surface area contributed by atoms with Crippen LogP contribution in [0, 0.1) is 0 Å². The first-order valence-corrected chi connectivity index (χ1v) is 12.6. The molecule has 1 unspecified atom stereocenters. The summed E-state index contributed by atoms with van der Waals surface area (Å²) in [5.74, 6) is -0.478. The summed E-state index contributed by atoms with van der Waals surface area (Å²) in [5.41, 5.74) is 2.47. The van der Waals surface area contributed by atoms with Crippen molar-refractivity contribution >= 4 is 29.5 Å². The molecule has 0 bridgehead atoms. The molecule has 1 aliphatic carbocycles. The SMILES string of the molecule is CSNc1cccc(C2(C(=O)NC(CN3CCCC3)c3cccc(OCC(=O)O)c3)CC2)c1. The van der Waals surface area contributed by atoms with E-state index in [4.69, 9.17) is 9.84 Å². The van der Waals surface area contributed by atoms with E-state index in [-0.39, 0.29) is 11.9 Å². The summed E-state index contributed by atoms with van der Waals surface area (Å²) in [5, 5.41) is 12.3. The quantitative estimate of drug-likeness (QED) is 0.431. The van der Waals surface area contributed by atoms with Gasteiger partial charge in [0.2, 0.25) is 5.91 Å². The molecule has 7 nitrogen and oxygen atoms in total. The number of nitrogens with zero attached hydrogens (tertiary/aromatic N) is 1. The van der Waals surface area contributed by atoms with Gasteiger partial charge in [0.25, 0.3) is 0 Å². The molecule has 0 aromatic heterocycles. The summed E-state index contributed by atoms with van der Waals surface area (Å²) in [6, 6.07) is 15.3. The van der Waals surface area contributed by atoms with E-state index < -0.39 is 18.0 Å². The molecule has 1 amide bonds. The minimum atomic E-state index is -1.02. The van der Waals surface area contributed by atoms with Crippen LogP contribution in [-0.4, -0.2) is 54.4 Å². The van der Waals surface area contributed by atoms with Crippen LogP contribution in [0.3, 0.4) is 0 Å². The predicted octanol–water partition coefficient (Wildman–Crippen LogP) is 3.82. The van der Waals surface area contributed by atoms with Gasteiger partial charge in [0.1, 0.15) is 5.75 Å². The third-order valence-electron chi connectivity index (χ3n) is 6.39. The van der Waals surface area contributed by atoms with Crippen molar-refractivity contribution in [3.63, 3.8) is 0 Å². The summed E-state index contributed by atoms with van der Waals surface area (Å²) in [7, 11) is 0. The van der Waals surface area contributed by atoms with Crippen molar-refractivity contribution in [3.8, 4) is 5.75 Å². The molecule has 1 heterocycles. The molecule has 33 heavy (non-hydrogen) atoms. The molecule has 1 atom stereocenters. The third-order valence-corrected chi connectivity index (χ3v) is 6.83. The van der Waals surface area contributed by atoms with E-state index >= 15 is 0 Å². The van der Waals surface area contributed by atoms with Crippen LogP contribution in [0.15, 0.2) is 48.5 Å². The highest BCUT2D eigenvalue weighted by Crippen LogP contribution is 2.49. The second kappa shape index (κ2) is 10.5. The van der Waals surface area contributed by atoms with Crippen LogP contribution < -0.4 is 14.8 Å². The minimum Gasteiger partial charge on any atom is -0.482 e. The lowest BCUT2D eigenvalue weighted by molar-refractivity contribution is -0.139. The maximum Gasteiger partial charge on any atom is 0.341 e. The monoisotopic (exact) mass is 469 g/mol. The van der Waals surface area contributed by atoms with E-state index in [9.17, 15) is 9.59 Å². The first-order valence-electron chi connectivity index (χ1n) is 11.4. The Bertz CT molecular complexity index is 989. The van der Waals surface area contributed by atoms with E-state index in [0.29, 0.717) is 5.75 Å². The number of hydrogen-bond donors (Lipinski definition) is 3. The molecule has 1 saturated heterocycles. The van der Waals surface area contributed by atoms with Crippen molar-refractivity contribution in [3.05, 3.63) is 59.7 Å². The largest absolute Gasteiger partial charge is 0.482 e. The maximum atomic E-state index is 13.6. The normalized spacial score (nSPS) is 17.8. The highest BCUT2D eigenvalue weighted by Gasteiger charge is 2.51. The number of carbonyl (C=O) groups is 2. The molecule has 8 heteroatoms. The van der Waals surface area contributed by atoms with Gasteiger partial charge in [-0.2, -0.15) is 0 Å². The first kappa shape index (κ1) is 23.4. The topological polar surface area (TPSA) is 90.9 Å². The number of rotatable bonds is 11. The van der Waals surface area contributed by atoms with Crippen LogP contribution in [0.2, 0.25) is 0 Å². The zero-order chi connectivity index (χ0) is 23.3. The lowest BCUT2D eigenvalue weighted by Gasteiger charge is -2.27. The summed E-state index contributed by atoms with van der Waals surface area (Å²) >= 11 is 1.53. The molecule has 3 N–H and O–H groups in total. The van der Waals surface area contributed by atoms with Gasteiger partial charge in [-0.3, -0.25) is 4.79 Å². The standard InChI is InChI=1S/C25H31N3O4S/c1-33-27-20-8-5-7-19(15-20)25(10-11-25)24(31)26-22(16-28-12-2-3-13-28)18-6-4-9-21(14-18)32-17-23(29)30/h4-9,14-15,22,27H,2-3,10-13,16-17H2,1H3,(H,26,31)(H,29,30). The zero-order valence-electron chi connectivity index (χ0n) is 18.9. The van der Waals surface area contributed by atoms with Gasteiger partial charge in [0.05, 0.1) is 11.5 Å². The fraction of sp³-hybridized carbons (Fsp3) is 0.440. The summed E-state index contributed by atoms with van der Waals surface area (Å²) in [6.07, 6.45) is 5.98. The number of ether oxygens (including phenoxy) is 1. The molecule has 2 aromatic rings. The molecule has 1 aliphatic heterocycles. The van der Waals surface area contributed by atoms with Crippen LogP contribution in [0.5, 0.6) is 5.75 Å². The fourth-order valence-corrected chi connectivity index (χ4v) is 4.85. The summed E-state index contributed by atoms with van der Waals surface area (Å²) in [6.45, 7) is 2.37. The molecular formula is C25H31N3O4S. The Morgan fingerprint density at radius 3 is 2.61 bits per heavy atom. The predicted molar refractivity (Wildman–Crippen MR) is 131 cm³/mol. The molecule has 2 fully saturated rings. The Labute approximate surface area is 199 Å². The van der Waals surface area contributed by atoms with E-state index in [1.165, 1.54) is 24.8 Å². The zero-order valence-corrected chi connectivity index (χ0v) is 19.7. The van der Waals surface area contributed by atoms with Crippen molar-refractivity contribution in [2.75, 3.05) is 37.2 Å². The van der Waals surface area contributed by atoms with E-state index in [0.717, 1.165) is 49.3 Å². The molecule has 176 valence electrons. The summed E-state index contributed by atoms with van der Waals surface area (Å²) < 4.78 is 8.63. The number of hydrogen-bond acceptors (Lipinski definition) is 6. The molecular weight excluding hydrogens is 438 g/mol. The van der Waals surface area contributed by atoms with Gasteiger partial charge in [-0.1, -0.05) is 36.2 Å². The summed E-state index contributed by atoms with van der Waals surface area (Å²) in [4.78, 5) is 26.9. The fourth-order valence-electron chi connectivity index (χ4n) is 4.49. The molecule has 0 radical (unpaired) electrons. The van der Waals surface area contributed by atoms with Crippen molar-refractivity contribution in [1.29, 1.82) is 0 Å². The van der Waals surface area contributed by atoms with Crippen molar-refractivity contribution in [2.45, 2.75) is 37.1 Å². The average Bonchev–Trinajstić information content (AvgIpc) is 3.48. The van der Waals surface area contributed by atoms with E-state index in [1.807, 2.05) is 42.7 Å². The maximum absolute atomic E-state index is 13.6. The molecule has 0 spiro atoms. The first-order chi connectivity index (χ1) is 16.0. The number of benzene rings is 2. The Kier molecular flexibility index (Phi) is 7.45. The second-order valence-corrected chi connectivity index (χ2v) is 9.37. The number of aliphatic carboxylic acids is 1. The van der Waals surface area contributed by atoms with Gasteiger partial charge >= 0.3 is 5.97 Å². The lowest BCUT2D eigenvalue weighted by Crippen LogP contribution is -2.41. The number of carbonyl (C=O) groups excluding carboxylic acids is 1. The van der Waals surface area contributed by atoms with Crippen LogP contribution in [0.4, 0.5) is 5.69 Å². The second-order valence-electron chi connectivity index (χ2n) is 8.76. The average molecular weight is 470 g/mol. The molecule has 2 aromatic carbocycles. The van der Waals surface area contributed by atoms with E-state index in [1.54, 1.807) is 6.07 Å². The Morgan fingerprint density at radius 1 is 1.15 bits per heavy atom. The van der Waals surface area contributed by atoms with Crippen molar-refractivity contribution in [1.82, 2.24) is 10.2 Å². The van der Waals surface area contributed by atoms with Gasteiger partial charge in [0, 0.05) is 18.5 Å². The number of amides is 1. The van der Waals surface area contributed by atoms with Crippen LogP contribution in [-0.2, 0) is 15.0 Å². The number of likely N-dealkylation sites (tertiary alicyclic amines) is 1. The van der Waals surface area contributed by atoms with Crippen LogP contribution >= 0.6 is 11.9 Å². The van der Waals surface area contributed by atoms with Gasteiger partial charge < -0.3 is 24.8 Å². The minimum absolute atomic E-state index is 0.0462. The van der Waals surface area contributed by atoms with Gasteiger partial charge in [-0.05, 0) is 74.2 Å². The van der Waals surface area contributed by atoms with Crippen LogP contribution in [0.25, 0.3) is 0 Å². The smallest absolute Gasteiger partial charge is 0.341 e. The van der Waals surface area contributed by atoms with Crippen molar-refractivity contribution in [2.24, 2.45) is 0 Å². The van der Waals surface area contributed by atoms with Crippen LogP contribution in [0.1, 0.15) is 42.9 Å². The molecule has 2 aliphatic rings. The molecule has 4 rings (SSSR count). The van der Waals surface area contributed by atoms with Gasteiger partial charge in [-0.15, -0.1) is 0 Å². The van der Waals surface area contributed by atoms with Gasteiger partial charge in [-0.25, -0.2) is 4.79 Å². The Hall–Kier alpha value is -2.71. The third kappa shape index (κ3) is 5.81. The number of anilines is 1. The number of nitrogens with one attached hydrogen (secondary N) is 2. The lowest BCUT2D eigenvalue weighted by atomic mass is 9.93.